The summed E-state index contributed by atoms with van der Waals surface area (Å²) < 4.78 is 0. The number of nitrogens with zero attached hydrogens (tertiary/aromatic N) is 1. The molecule has 17 heavy (non-hydrogen) atoms. The maximum Gasteiger partial charge on any atom is 0.168 e. The lowest BCUT2D eigenvalue weighted by Crippen LogP contribution is -2.41. The van der Waals surface area contributed by atoms with Crippen LogP contribution in [0, 0.1) is 11.8 Å². The summed E-state index contributed by atoms with van der Waals surface area (Å²) >= 11 is 5.46. The first-order chi connectivity index (χ1) is 7.97. The Labute approximate surface area is 113 Å². The van der Waals surface area contributed by atoms with Gasteiger partial charge < -0.3 is 10.2 Å². The van der Waals surface area contributed by atoms with E-state index < -0.39 is 0 Å². The minimum absolute atomic E-state index is 0.741. The highest BCUT2D eigenvalue weighted by molar-refractivity contribution is 7.80. The molecule has 0 aliphatic rings. The molecule has 3 heteroatoms. The predicted molar refractivity (Wildman–Crippen MR) is 81.4 cm³/mol. The third-order valence-electron chi connectivity index (χ3n) is 2.77. The molecule has 0 amide bonds. The zero-order chi connectivity index (χ0) is 13.3. The summed E-state index contributed by atoms with van der Waals surface area (Å²) in [6.45, 7) is 14.4. The van der Waals surface area contributed by atoms with Crippen LogP contribution in [0.1, 0.15) is 53.9 Å². The number of thiocarbonyl (C=S) groups is 1. The van der Waals surface area contributed by atoms with Crippen LogP contribution in [0.4, 0.5) is 0 Å². The van der Waals surface area contributed by atoms with Crippen molar-refractivity contribution in [3.05, 3.63) is 0 Å². The monoisotopic (exact) mass is 258 g/mol. The molecule has 102 valence electrons. The third-order valence-corrected chi connectivity index (χ3v) is 3.17. The van der Waals surface area contributed by atoms with E-state index in [4.69, 9.17) is 12.2 Å². The van der Waals surface area contributed by atoms with Gasteiger partial charge in [-0.25, -0.2) is 0 Å². The summed E-state index contributed by atoms with van der Waals surface area (Å²) in [4.78, 5) is 2.34. The molecule has 0 atom stereocenters. The van der Waals surface area contributed by atoms with Crippen LogP contribution in [-0.4, -0.2) is 29.6 Å². The van der Waals surface area contributed by atoms with Crippen molar-refractivity contribution in [3.63, 3.8) is 0 Å². The normalized spacial score (nSPS) is 11.0. The van der Waals surface area contributed by atoms with Gasteiger partial charge in [0.25, 0.3) is 0 Å². The van der Waals surface area contributed by atoms with E-state index in [1.165, 1.54) is 12.8 Å². The van der Waals surface area contributed by atoms with Crippen LogP contribution in [0.15, 0.2) is 0 Å². The summed E-state index contributed by atoms with van der Waals surface area (Å²) in [6, 6.07) is 0. The largest absolute Gasteiger partial charge is 0.363 e. The van der Waals surface area contributed by atoms with E-state index in [0.29, 0.717) is 0 Å². The Kier molecular flexibility index (Phi) is 9.52. The Bertz CT molecular complexity index is 190. The van der Waals surface area contributed by atoms with E-state index >= 15 is 0 Å². The maximum atomic E-state index is 5.46. The molecule has 0 aliphatic carbocycles. The minimum Gasteiger partial charge on any atom is -0.363 e. The van der Waals surface area contributed by atoms with Gasteiger partial charge in [-0.3, -0.25) is 0 Å². The van der Waals surface area contributed by atoms with Crippen LogP contribution in [-0.2, 0) is 0 Å². The summed E-state index contributed by atoms with van der Waals surface area (Å²) in [5.41, 5.74) is 0. The van der Waals surface area contributed by atoms with Crippen molar-refractivity contribution in [2.45, 2.75) is 53.9 Å². The number of hydrogen-bond donors (Lipinski definition) is 1. The Morgan fingerprint density at radius 3 is 1.88 bits per heavy atom. The Morgan fingerprint density at radius 1 is 1.06 bits per heavy atom. The molecule has 0 saturated heterocycles. The first-order valence-electron chi connectivity index (χ1n) is 7.00. The van der Waals surface area contributed by atoms with Crippen LogP contribution < -0.4 is 5.32 Å². The van der Waals surface area contributed by atoms with E-state index in [-0.39, 0.29) is 0 Å². The summed E-state index contributed by atoms with van der Waals surface area (Å²) in [5, 5.41) is 4.28. The average molecular weight is 258 g/mol. The van der Waals surface area contributed by atoms with Crippen LogP contribution >= 0.6 is 12.2 Å². The molecule has 0 aliphatic heterocycles. The van der Waals surface area contributed by atoms with Crippen molar-refractivity contribution in [3.8, 4) is 0 Å². The fourth-order valence-corrected chi connectivity index (χ4v) is 1.77. The fraction of sp³-hybridized carbons (Fsp3) is 0.929. The van der Waals surface area contributed by atoms with Gasteiger partial charge in [0, 0.05) is 19.6 Å². The number of hydrogen-bond acceptors (Lipinski definition) is 1. The lowest BCUT2D eigenvalue weighted by molar-refractivity contribution is 0.350. The van der Waals surface area contributed by atoms with Gasteiger partial charge in [-0.1, -0.05) is 34.6 Å². The molecule has 0 radical (unpaired) electrons. The average Bonchev–Trinajstić information content (AvgIpc) is 2.25. The van der Waals surface area contributed by atoms with Crippen LogP contribution in [0.2, 0.25) is 0 Å². The van der Waals surface area contributed by atoms with Crippen molar-refractivity contribution in [1.29, 1.82) is 0 Å². The molecular formula is C14H30N2S. The van der Waals surface area contributed by atoms with Crippen molar-refractivity contribution in [2.24, 2.45) is 11.8 Å². The quantitative estimate of drug-likeness (QED) is 0.669. The zero-order valence-corrected chi connectivity index (χ0v) is 13.1. The summed E-state index contributed by atoms with van der Waals surface area (Å²) in [6.07, 6.45) is 3.56. The van der Waals surface area contributed by atoms with Gasteiger partial charge in [0.2, 0.25) is 0 Å². The molecule has 0 aromatic heterocycles. The van der Waals surface area contributed by atoms with Gasteiger partial charge in [0.1, 0.15) is 0 Å². The van der Waals surface area contributed by atoms with Gasteiger partial charge >= 0.3 is 0 Å². The van der Waals surface area contributed by atoms with Gasteiger partial charge in [0.05, 0.1) is 0 Å². The van der Waals surface area contributed by atoms with E-state index in [0.717, 1.165) is 43.0 Å². The van der Waals surface area contributed by atoms with Gasteiger partial charge in [0.15, 0.2) is 5.11 Å². The number of rotatable bonds is 8. The SMILES string of the molecule is CCCNC(=S)N(CCC(C)C)CCC(C)C. The van der Waals surface area contributed by atoms with Crippen LogP contribution in [0.3, 0.4) is 0 Å². The molecule has 0 aromatic carbocycles. The number of nitrogens with one attached hydrogen (secondary N) is 1. The van der Waals surface area contributed by atoms with E-state index in [1.807, 2.05) is 0 Å². The van der Waals surface area contributed by atoms with Crippen molar-refractivity contribution < 1.29 is 0 Å². The summed E-state index contributed by atoms with van der Waals surface area (Å²) in [5.74, 6) is 1.48. The highest BCUT2D eigenvalue weighted by Gasteiger charge is 2.10. The highest BCUT2D eigenvalue weighted by Crippen LogP contribution is 2.07. The van der Waals surface area contributed by atoms with Gasteiger partial charge in [-0.05, 0) is 43.3 Å². The third kappa shape index (κ3) is 9.40. The van der Waals surface area contributed by atoms with Crippen molar-refractivity contribution in [1.82, 2.24) is 10.2 Å². The Morgan fingerprint density at radius 2 is 1.53 bits per heavy atom. The second-order valence-corrected chi connectivity index (χ2v) is 5.97. The molecule has 0 unspecified atom stereocenters. The molecule has 0 rings (SSSR count). The topological polar surface area (TPSA) is 15.3 Å². The summed E-state index contributed by atoms with van der Waals surface area (Å²) in [7, 11) is 0. The lowest BCUT2D eigenvalue weighted by Gasteiger charge is -2.27. The van der Waals surface area contributed by atoms with E-state index in [9.17, 15) is 0 Å². The molecule has 1 N–H and O–H groups in total. The second-order valence-electron chi connectivity index (χ2n) is 5.58. The first-order valence-corrected chi connectivity index (χ1v) is 7.40. The molecule has 0 spiro atoms. The van der Waals surface area contributed by atoms with Crippen LogP contribution in [0.5, 0.6) is 0 Å². The first kappa shape index (κ1) is 16.7. The fourth-order valence-electron chi connectivity index (χ4n) is 1.49. The van der Waals surface area contributed by atoms with Crippen molar-refractivity contribution >= 4 is 17.3 Å². The lowest BCUT2D eigenvalue weighted by atomic mass is 10.1. The molecule has 0 bridgehead atoms. The molecule has 0 fully saturated rings. The predicted octanol–water partition coefficient (Wildman–Crippen LogP) is 3.67. The van der Waals surface area contributed by atoms with E-state index in [2.05, 4.69) is 44.8 Å². The smallest absolute Gasteiger partial charge is 0.168 e. The zero-order valence-electron chi connectivity index (χ0n) is 12.3. The minimum atomic E-state index is 0.741. The molecule has 0 saturated carbocycles. The van der Waals surface area contributed by atoms with Crippen LogP contribution in [0.25, 0.3) is 0 Å². The molecule has 2 nitrogen and oxygen atoms in total. The van der Waals surface area contributed by atoms with Gasteiger partial charge in [-0.15, -0.1) is 0 Å². The molecule has 0 heterocycles. The molecule has 0 aromatic rings. The van der Waals surface area contributed by atoms with Gasteiger partial charge in [-0.2, -0.15) is 0 Å². The highest BCUT2D eigenvalue weighted by atomic mass is 32.1. The van der Waals surface area contributed by atoms with E-state index in [1.54, 1.807) is 0 Å². The standard InChI is InChI=1S/C14H30N2S/c1-6-9-15-14(17)16(10-7-12(2)3)11-8-13(4)5/h12-13H,6-11H2,1-5H3,(H,15,17). The maximum absolute atomic E-state index is 5.46. The van der Waals surface area contributed by atoms with Crippen molar-refractivity contribution in [2.75, 3.05) is 19.6 Å². The second kappa shape index (κ2) is 9.69. The molecular weight excluding hydrogens is 228 g/mol. The Balaban J connectivity index is 4.12. The Hall–Kier alpha value is -0.310.